The molecule has 0 aliphatic carbocycles. The lowest BCUT2D eigenvalue weighted by atomic mass is 9.95. The molecule has 6 rings (SSSR count). The molecule has 1 amide bonds. The monoisotopic (exact) mass is 614 g/mol. The number of methoxy groups -OCH3 is 2. The van der Waals surface area contributed by atoms with Crippen LogP contribution >= 0.6 is 0 Å². The van der Waals surface area contributed by atoms with Gasteiger partial charge in [0.2, 0.25) is 5.91 Å². The average molecular weight is 615 g/mol. The molecule has 0 saturated heterocycles. The third kappa shape index (κ3) is 6.54. The number of ether oxygens (including phenoxy) is 3. The first-order chi connectivity index (χ1) is 21.7. The third-order valence-electron chi connectivity index (χ3n) is 7.00. The van der Waals surface area contributed by atoms with Crippen LogP contribution in [0.2, 0.25) is 0 Å². The fourth-order valence-electron chi connectivity index (χ4n) is 4.71. The zero-order valence-corrected chi connectivity index (χ0v) is 24.6. The van der Waals surface area contributed by atoms with Crippen LogP contribution in [0.4, 0.5) is 5.82 Å². The van der Waals surface area contributed by atoms with Gasteiger partial charge >= 0.3 is 5.97 Å². The van der Waals surface area contributed by atoms with E-state index in [2.05, 4.69) is 20.5 Å². The van der Waals surface area contributed by atoms with Crippen molar-refractivity contribution < 1.29 is 33.7 Å². The molecule has 3 aromatic heterocycles. The van der Waals surface area contributed by atoms with Crippen LogP contribution in [0, 0.1) is 5.92 Å². The van der Waals surface area contributed by atoms with Gasteiger partial charge in [-0.1, -0.05) is 24.3 Å². The van der Waals surface area contributed by atoms with E-state index in [9.17, 15) is 24.3 Å². The SMILES string of the molecule is CCOC(=O)C1C(=O)Nc2c(cnn2Cc2ccc(OC)cc2)C1=O.COc1ccc(Cn2ncc3c(O)cc(=O)[nH]c32)cc1. The van der Waals surface area contributed by atoms with Crippen LogP contribution in [-0.4, -0.2) is 68.1 Å². The molecule has 1 aliphatic rings. The topological polar surface area (TPSA) is 180 Å². The van der Waals surface area contributed by atoms with Gasteiger partial charge in [-0.25, -0.2) is 9.36 Å². The predicted molar refractivity (Wildman–Crippen MR) is 162 cm³/mol. The molecule has 2 aromatic carbocycles. The van der Waals surface area contributed by atoms with Crippen molar-refractivity contribution in [1.82, 2.24) is 24.5 Å². The highest BCUT2D eigenvalue weighted by Crippen LogP contribution is 2.27. The number of H-pyrrole nitrogens is 1. The number of carbonyl (C=O) groups excluding carboxylic acids is 3. The largest absolute Gasteiger partial charge is 0.507 e. The van der Waals surface area contributed by atoms with Gasteiger partial charge < -0.3 is 29.6 Å². The second-order valence-electron chi connectivity index (χ2n) is 9.88. The summed E-state index contributed by atoms with van der Waals surface area (Å²) in [6.07, 6.45) is 2.89. The Morgan fingerprint density at radius 2 is 1.47 bits per heavy atom. The van der Waals surface area contributed by atoms with Crippen molar-refractivity contribution in [3.05, 3.63) is 94.0 Å². The normalized spacial score (nSPS) is 13.8. The molecule has 14 nitrogen and oxygen atoms in total. The molecule has 45 heavy (non-hydrogen) atoms. The summed E-state index contributed by atoms with van der Waals surface area (Å²) in [4.78, 5) is 50.6. The van der Waals surface area contributed by atoms with Crippen molar-refractivity contribution >= 4 is 34.5 Å². The Kier molecular flexibility index (Phi) is 8.93. The van der Waals surface area contributed by atoms with Crippen LogP contribution in [0.1, 0.15) is 28.4 Å². The number of aromatic nitrogens is 5. The van der Waals surface area contributed by atoms with Gasteiger partial charge in [0.1, 0.15) is 28.7 Å². The molecule has 0 saturated carbocycles. The molecule has 232 valence electrons. The molecule has 0 bridgehead atoms. The van der Waals surface area contributed by atoms with E-state index in [0.29, 0.717) is 24.1 Å². The van der Waals surface area contributed by atoms with Crippen molar-refractivity contribution in [2.24, 2.45) is 5.92 Å². The molecule has 1 unspecified atom stereocenters. The van der Waals surface area contributed by atoms with Crippen LogP contribution in [-0.2, 0) is 27.4 Å². The summed E-state index contributed by atoms with van der Waals surface area (Å²) in [6.45, 7) is 2.56. The molecule has 0 radical (unpaired) electrons. The van der Waals surface area contributed by atoms with Crippen molar-refractivity contribution in [3.8, 4) is 17.2 Å². The number of nitrogens with zero attached hydrogens (tertiary/aromatic N) is 4. The minimum absolute atomic E-state index is 0.0651. The molecule has 14 heteroatoms. The molecular weight excluding hydrogens is 584 g/mol. The van der Waals surface area contributed by atoms with Gasteiger partial charge in [0, 0.05) is 6.07 Å². The number of anilines is 1. The van der Waals surface area contributed by atoms with E-state index in [1.54, 1.807) is 25.8 Å². The zero-order valence-electron chi connectivity index (χ0n) is 24.6. The standard InChI is InChI=1S/C17H17N3O5.C14H13N3O3/c1-3-25-17(23)13-14(21)12-8-18-20(15(12)19-16(13)22)9-10-4-6-11(24-2)7-5-10;1-20-10-4-2-9(3-5-10)8-17-14-11(7-15-17)12(18)6-13(19)16-14/h4-8,13H,3,9H2,1-2H3,(H,19,22);2-7H,8H2,1H3,(H2,16,18,19). The summed E-state index contributed by atoms with van der Waals surface area (Å²) >= 11 is 0. The van der Waals surface area contributed by atoms with Gasteiger partial charge in [0.05, 0.1) is 57.3 Å². The summed E-state index contributed by atoms with van der Waals surface area (Å²) in [5, 5.41) is 21.2. The van der Waals surface area contributed by atoms with E-state index in [0.717, 1.165) is 28.7 Å². The van der Waals surface area contributed by atoms with E-state index in [4.69, 9.17) is 14.2 Å². The first-order valence-corrected chi connectivity index (χ1v) is 13.8. The molecule has 0 fully saturated rings. The van der Waals surface area contributed by atoms with Gasteiger partial charge in [0.15, 0.2) is 11.7 Å². The number of Topliss-reactive ketones (excluding diaryl/α,β-unsaturated/α-hetero) is 1. The van der Waals surface area contributed by atoms with Crippen LogP contribution in [0.5, 0.6) is 17.2 Å². The minimum Gasteiger partial charge on any atom is -0.507 e. The van der Waals surface area contributed by atoms with E-state index >= 15 is 0 Å². The van der Waals surface area contributed by atoms with Crippen LogP contribution in [0.25, 0.3) is 11.0 Å². The first kappa shape index (κ1) is 30.5. The fraction of sp³-hybridized carbons (Fsp3) is 0.226. The molecule has 3 N–H and O–H groups in total. The van der Waals surface area contributed by atoms with Crippen molar-refractivity contribution in [1.29, 1.82) is 0 Å². The Labute approximate surface area is 256 Å². The highest BCUT2D eigenvalue weighted by atomic mass is 16.5. The number of aromatic hydroxyl groups is 1. The third-order valence-corrected chi connectivity index (χ3v) is 7.00. The molecule has 4 heterocycles. The van der Waals surface area contributed by atoms with Crippen molar-refractivity contribution in [3.63, 3.8) is 0 Å². The smallest absolute Gasteiger partial charge is 0.326 e. The number of nitrogens with one attached hydrogen (secondary N) is 2. The number of benzene rings is 2. The molecule has 1 aliphatic heterocycles. The lowest BCUT2D eigenvalue weighted by Gasteiger charge is -2.20. The summed E-state index contributed by atoms with van der Waals surface area (Å²) < 4.78 is 18.2. The Balaban J connectivity index is 0.000000182. The number of aromatic amines is 1. The van der Waals surface area contributed by atoms with E-state index in [-0.39, 0.29) is 29.3 Å². The maximum atomic E-state index is 12.5. The van der Waals surface area contributed by atoms with Gasteiger partial charge in [-0.05, 0) is 42.3 Å². The number of rotatable bonds is 8. The molecule has 0 spiro atoms. The first-order valence-electron chi connectivity index (χ1n) is 13.8. The lowest BCUT2D eigenvalue weighted by Crippen LogP contribution is -2.41. The number of pyridine rings is 1. The number of hydrogen-bond acceptors (Lipinski definition) is 10. The summed E-state index contributed by atoms with van der Waals surface area (Å²) in [5.41, 5.74) is 2.28. The second kappa shape index (κ2) is 13.2. The second-order valence-corrected chi connectivity index (χ2v) is 9.88. The molecule has 1 atom stereocenters. The minimum atomic E-state index is -1.48. The Morgan fingerprint density at radius 3 is 2.04 bits per heavy atom. The average Bonchev–Trinajstić information content (AvgIpc) is 3.62. The molecule has 5 aromatic rings. The Morgan fingerprint density at radius 1 is 0.889 bits per heavy atom. The van der Waals surface area contributed by atoms with Crippen LogP contribution < -0.4 is 20.3 Å². The number of hydrogen-bond donors (Lipinski definition) is 3. The number of fused-ring (bicyclic) bond motifs is 2. The van der Waals surface area contributed by atoms with Crippen molar-refractivity contribution in [2.75, 3.05) is 26.1 Å². The number of amides is 1. The van der Waals surface area contributed by atoms with Gasteiger partial charge in [0.25, 0.3) is 5.56 Å². The van der Waals surface area contributed by atoms with Crippen molar-refractivity contribution in [2.45, 2.75) is 20.0 Å². The zero-order chi connectivity index (χ0) is 32.1. The lowest BCUT2D eigenvalue weighted by molar-refractivity contribution is -0.148. The van der Waals surface area contributed by atoms with E-state index < -0.39 is 23.6 Å². The number of ketones is 1. The predicted octanol–water partition coefficient (Wildman–Crippen LogP) is 2.74. The van der Waals surface area contributed by atoms with Crippen LogP contribution in [0.15, 0.2) is 71.8 Å². The molecular formula is C31H30N6O8. The van der Waals surface area contributed by atoms with E-state index in [1.807, 2.05) is 48.5 Å². The van der Waals surface area contributed by atoms with E-state index in [1.165, 1.54) is 17.1 Å². The summed E-state index contributed by atoms with van der Waals surface area (Å²) in [5.74, 6) is -1.90. The fourth-order valence-corrected chi connectivity index (χ4v) is 4.71. The highest BCUT2D eigenvalue weighted by Gasteiger charge is 2.42. The number of carbonyl (C=O) groups is 3. The van der Waals surface area contributed by atoms with Gasteiger partial charge in [-0.3, -0.25) is 19.2 Å². The summed E-state index contributed by atoms with van der Waals surface area (Å²) in [7, 11) is 3.20. The van der Waals surface area contributed by atoms with Gasteiger partial charge in [-0.2, -0.15) is 10.2 Å². The number of esters is 1. The maximum Gasteiger partial charge on any atom is 0.326 e. The Bertz CT molecular complexity index is 1910. The van der Waals surface area contributed by atoms with Gasteiger partial charge in [-0.15, -0.1) is 0 Å². The maximum absolute atomic E-state index is 12.5. The highest BCUT2D eigenvalue weighted by molar-refractivity contribution is 6.29. The van der Waals surface area contributed by atoms with Crippen LogP contribution in [0.3, 0.4) is 0 Å². The Hall–Kier alpha value is -5.92. The quantitative estimate of drug-likeness (QED) is 0.174. The summed E-state index contributed by atoms with van der Waals surface area (Å²) in [6, 6.07) is 16.1.